The largest absolute Gasteiger partial charge is 0.338 e. The lowest BCUT2D eigenvalue weighted by molar-refractivity contribution is 0.0687. The number of nitrogens with zero attached hydrogens (tertiary/aromatic N) is 4. The van der Waals surface area contributed by atoms with Crippen LogP contribution in [0.1, 0.15) is 29.2 Å². The molecule has 0 N–H and O–H groups in total. The van der Waals surface area contributed by atoms with Gasteiger partial charge in [-0.2, -0.15) is 0 Å². The first-order valence-corrected chi connectivity index (χ1v) is 8.72. The fourth-order valence-electron chi connectivity index (χ4n) is 3.44. The van der Waals surface area contributed by atoms with Gasteiger partial charge < -0.3 is 4.90 Å². The normalized spacial score (nSPS) is 15.2. The van der Waals surface area contributed by atoms with Gasteiger partial charge in [0.15, 0.2) is 23.1 Å². The smallest absolute Gasteiger partial charge is 0.263 e. The lowest BCUT2D eigenvalue weighted by Gasteiger charge is -2.32. The second-order valence-corrected chi connectivity index (χ2v) is 6.58. The van der Waals surface area contributed by atoms with Gasteiger partial charge in [-0.05, 0) is 37.1 Å². The number of hydrogen-bond acceptors (Lipinski definition) is 4. The lowest BCUT2D eigenvalue weighted by atomic mass is 10.0. The van der Waals surface area contributed by atoms with Crippen molar-refractivity contribution in [3.8, 4) is 0 Å². The van der Waals surface area contributed by atoms with E-state index in [1.54, 1.807) is 18.3 Å². The first-order chi connectivity index (χ1) is 13.5. The number of rotatable bonds is 2. The van der Waals surface area contributed by atoms with Crippen LogP contribution in [0.15, 0.2) is 41.6 Å². The Morgan fingerprint density at radius 1 is 1.04 bits per heavy atom. The number of piperidine rings is 1. The van der Waals surface area contributed by atoms with Crippen LogP contribution >= 0.6 is 0 Å². The van der Waals surface area contributed by atoms with Gasteiger partial charge in [0.1, 0.15) is 6.33 Å². The van der Waals surface area contributed by atoms with E-state index in [0.717, 1.165) is 12.1 Å². The summed E-state index contributed by atoms with van der Waals surface area (Å²) in [4.78, 5) is 34.7. The van der Waals surface area contributed by atoms with Crippen molar-refractivity contribution in [2.24, 2.45) is 0 Å². The van der Waals surface area contributed by atoms with Gasteiger partial charge in [0, 0.05) is 25.3 Å². The number of carbonyl (C=O) groups is 1. The molecule has 1 aliphatic heterocycles. The number of amides is 1. The van der Waals surface area contributed by atoms with Gasteiger partial charge in [-0.25, -0.2) is 23.1 Å². The summed E-state index contributed by atoms with van der Waals surface area (Å²) in [6, 6.07) is 4.80. The summed E-state index contributed by atoms with van der Waals surface area (Å²) < 4.78 is 41.9. The van der Waals surface area contributed by atoms with Crippen LogP contribution in [0.5, 0.6) is 0 Å². The summed E-state index contributed by atoms with van der Waals surface area (Å²) in [6.07, 6.45) is 3.89. The average Bonchev–Trinajstić information content (AvgIpc) is 2.72. The number of halogens is 3. The Morgan fingerprint density at radius 2 is 1.79 bits per heavy atom. The molecule has 1 saturated heterocycles. The summed E-state index contributed by atoms with van der Waals surface area (Å²) in [5, 5.41) is 0.410. The SMILES string of the molecule is O=C(c1ccc(F)c(F)c1F)N1CCC(n2cnc3ncccc3c2=O)CC1. The molecular weight excluding hydrogens is 373 g/mol. The standard InChI is InChI=1S/C19H15F3N4O2/c20-14-4-3-12(15(21)16(14)22)18(27)25-8-5-11(6-9-25)26-10-24-17-13(19(26)28)2-1-7-23-17/h1-4,7,10-11H,5-6,8-9H2. The van der Waals surface area contributed by atoms with Crippen molar-refractivity contribution < 1.29 is 18.0 Å². The summed E-state index contributed by atoms with van der Waals surface area (Å²) in [5.41, 5.74) is -0.354. The van der Waals surface area contributed by atoms with Crippen molar-refractivity contribution >= 4 is 16.9 Å². The predicted octanol–water partition coefficient (Wildman–Crippen LogP) is 2.69. The number of aromatic nitrogens is 3. The van der Waals surface area contributed by atoms with Crippen LogP contribution in [0.4, 0.5) is 13.2 Å². The van der Waals surface area contributed by atoms with Crippen molar-refractivity contribution in [1.29, 1.82) is 0 Å². The van der Waals surface area contributed by atoms with Crippen LogP contribution in [0.2, 0.25) is 0 Å². The second kappa shape index (κ2) is 7.06. The van der Waals surface area contributed by atoms with E-state index < -0.39 is 28.9 Å². The molecule has 144 valence electrons. The van der Waals surface area contributed by atoms with Gasteiger partial charge in [0.2, 0.25) is 0 Å². The first kappa shape index (κ1) is 18.1. The number of likely N-dealkylation sites (tertiary alicyclic amines) is 1. The van der Waals surface area contributed by atoms with Gasteiger partial charge in [0.05, 0.1) is 10.9 Å². The zero-order valence-corrected chi connectivity index (χ0v) is 14.6. The summed E-state index contributed by atoms with van der Waals surface area (Å²) >= 11 is 0. The third-order valence-electron chi connectivity index (χ3n) is 4.97. The Kier molecular flexibility index (Phi) is 4.58. The number of pyridine rings is 1. The van der Waals surface area contributed by atoms with Crippen LogP contribution in [-0.2, 0) is 0 Å². The molecule has 3 heterocycles. The number of benzene rings is 1. The monoisotopic (exact) mass is 388 g/mol. The molecule has 0 spiro atoms. The van der Waals surface area contributed by atoms with E-state index in [4.69, 9.17) is 0 Å². The third-order valence-corrected chi connectivity index (χ3v) is 4.97. The second-order valence-electron chi connectivity index (χ2n) is 6.58. The first-order valence-electron chi connectivity index (χ1n) is 8.72. The van der Waals surface area contributed by atoms with Crippen molar-refractivity contribution in [2.45, 2.75) is 18.9 Å². The summed E-state index contributed by atoms with van der Waals surface area (Å²) in [6.45, 7) is 0.499. The molecule has 0 aliphatic carbocycles. The molecule has 0 unspecified atom stereocenters. The molecule has 0 radical (unpaired) electrons. The molecule has 9 heteroatoms. The maximum absolute atomic E-state index is 13.9. The topological polar surface area (TPSA) is 68.1 Å². The molecule has 3 aromatic rings. The van der Waals surface area contributed by atoms with Gasteiger partial charge in [-0.1, -0.05) is 0 Å². The Balaban J connectivity index is 1.52. The minimum Gasteiger partial charge on any atom is -0.338 e. The molecule has 1 aromatic carbocycles. The van der Waals surface area contributed by atoms with E-state index in [-0.39, 0.29) is 24.7 Å². The minimum absolute atomic E-state index is 0.177. The number of fused-ring (bicyclic) bond motifs is 1. The zero-order chi connectivity index (χ0) is 19.8. The highest BCUT2D eigenvalue weighted by Crippen LogP contribution is 2.24. The highest BCUT2D eigenvalue weighted by atomic mass is 19.2. The minimum atomic E-state index is -1.66. The van der Waals surface area contributed by atoms with Gasteiger partial charge in [-0.3, -0.25) is 14.2 Å². The van der Waals surface area contributed by atoms with Crippen LogP contribution in [0.25, 0.3) is 11.0 Å². The fraction of sp³-hybridized carbons (Fsp3) is 0.263. The summed E-state index contributed by atoms with van der Waals surface area (Å²) in [7, 11) is 0. The van der Waals surface area contributed by atoms with E-state index in [1.165, 1.54) is 15.8 Å². The van der Waals surface area contributed by atoms with Crippen molar-refractivity contribution in [1.82, 2.24) is 19.4 Å². The van der Waals surface area contributed by atoms with Crippen LogP contribution < -0.4 is 5.56 Å². The van der Waals surface area contributed by atoms with Crippen molar-refractivity contribution in [3.05, 3.63) is 70.2 Å². The van der Waals surface area contributed by atoms with E-state index in [2.05, 4.69) is 9.97 Å². The maximum atomic E-state index is 13.9. The third kappa shape index (κ3) is 3.02. The highest BCUT2D eigenvalue weighted by molar-refractivity contribution is 5.94. The van der Waals surface area contributed by atoms with Crippen molar-refractivity contribution in [2.75, 3.05) is 13.1 Å². The van der Waals surface area contributed by atoms with Crippen LogP contribution in [0, 0.1) is 17.5 Å². The lowest BCUT2D eigenvalue weighted by Crippen LogP contribution is -2.41. The van der Waals surface area contributed by atoms with Gasteiger partial charge >= 0.3 is 0 Å². The fourth-order valence-corrected chi connectivity index (χ4v) is 3.44. The molecule has 1 fully saturated rings. The molecule has 2 aromatic heterocycles. The molecule has 4 rings (SSSR count). The molecule has 0 atom stereocenters. The van der Waals surface area contributed by atoms with E-state index in [0.29, 0.717) is 23.9 Å². The Labute approximate surface area is 157 Å². The Hall–Kier alpha value is -3.23. The molecule has 0 saturated carbocycles. The molecule has 1 amide bonds. The quantitative estimate of drug-likeness (QED) is 0.633. The maximum Gasteiger partial charge on any atom is 0.263 e. The highest BCUT2D eigenvalue weighted by Gasteiger charge is 2.28. The van der Waals surface area contributed by atoms with Crippen LogP contribution in [-0.4, -0.2) is 38.4 Å². The van der Waals surface area contributed by atoms with Crippen LogP contribution in [0.3, 0.4) is 0 Å². The molecule has 1 aliphatic rings. The van der Waals surface area contributed by atoms with Gasteiger partial charge in [-0.15, -0.1) is 0 Å². The van der Waals surface area contributed by atoms with E-state index in [1.807, 2.05) is 0 Å². The van der Waals surface area contributed by atoms with E-state index in [9.17, 15) is 22.8 Å². The summed E-state index contributed by atoms with van der Waals surface area (Å²) in [5.74, 6) is -5.20. The molecular formula is C19H15F3N4O2. The predicted molar refractivity (Wildman–Crippen MR) is 94.3 cm³/mol. The van der Waals surface area contributed by atoms with Crippen molar-refractivity contribution in [3.63, 3.8) is 0 Å². The molecule has 6 nitrogen and oxygen atoms in total. The zero-order valence-electron chi connectivity index (χ0n) is 14.6. The molecule has 0 bridgehead atoms. The Bertz CT molecular complexity index is 1120. The number of carbonyl (C=O) groups excluding carboxylic acids is 1. The van der Waals surface area contributed by atoms with Gasteiger partial charge in [0.25, 0.3) is 11.5 Å². The average molecular weight is 388 g/mol. The molecule has 28 heavy (non-hydrogen) atoms. The number of hydrogen-bond donors (Lipinski definition) is 0. The van der Waals surface area contributed by atoms with E-state index >= 15 is 0 Å². The Morgan fingerprint density at radius 3 is 2.54 bits per heavy atom.